The number of carbonyl (C=O) groups is 1. The van der Waals surface area contributed by atoms with Crippen LogP contribution in [0.4, 0.5) is 5.69 Å². The minimum Gasteiger partial charge on any atom is -0.320 e. The Labute approximate surface area is 179 Å². The van der Waals surface area contributed by atoms with E-state index in [-0.39, 0.29) is 17.9 Å². The summed E-state index contributed by atoms with van der Waals surface area (Å²) in [5.41, 5.74) is 1.54. The maximum Gasteiger partial charge on any atom is 0.295 e. The number of rotatable bonds is 7. The van der Waals surface area contributed by atoms with Gasteiger partial charge >= 0.3 is 0 Å². The van der Waals surface area contributed by atoms with Gasteiger partial charge in [0.05, 0.1) is 11.4 Å². The fourth-order valence-corrected chi connectivity index (χ4v) is 4.60. The van der Waals surface area contributed by atoms with Crippen LogP contribution in [0, 0.1) is 6.92 Å². The van der Waals surface area contributed by atoms with Gasteiger partial charge in [-0.25, -0.2) is 9.67 Å². The summed E-state index contributed by atoms with van der Waals surface area (Å²) in [4.78, 5) is 29.9. The molecule has 0 atom stereocenters. The van der Waals surface area contributed by atoms with Crippen molar-refractivity contribution in [3.63, 3.8) is 0 Å². The quantitative estimate of drug-likeness (QED) is 0.565. The van der Waals surface area contributed by atoms with Crippen molar-refractivity contribution in [2.75, 3.05) is 11.1 Å². The predicted octanol–water partition coefficient (Wildman–Crippen LogP) is 3.38. The number of nitrogens with one attached hydrogen (secondary N) is 2. The molecule has 30 heavy (non-hydrogen) atoms. The molecule has 2 heterocycles. The van der Waals surface area contributed by atoms with Crippen LogP contribution >= 0.6 is 11.8 Å². The predicted molar refractivity (Wildman–Crippen MR) is 117 cm³/mol. The van der Waals surface area contributed by atoms with Crippen LogP contribution in [0.2, 0.25) is 0 Å². The second-order valence-electron chi connectivity index (χ2n) is 7.57. The molecule has 4 rings (SSSR count). The summed E-state index contributed by atoms with van der Waals surface area (Å²) in [6.07, 6.45) is 5.10. The highest BCUT2D eigenvalue weighted by atomic mass is 32.2. The summed E-state index contributed by atoms with van der Waals surface area (Å²) in [7, 11) is 1.81. The van der Waals surface area contributed by atoms with Crippen molar-refractivity contribution in [2.24, 2.45) is 7.05 Å². The van der Waals surface area contributed by atoms with Crippen LogP contribution in [0.15, 0.2) is 40.3 Å². The minimum atomic E-state index is -0.239. The van der Waals surface area contributed by atoms with Gasteiger partial charge in [0.15, 0.2) is 0 Å². The van der Waals surface area contributed by atoms with Gasteiger partial charge in [0.2, 0.25) is 11.1 Å². The van der Waals surface area contributed by atoms with Crippen LogP contribution in [-0.2, 0) is 11.8 Å². The van der Waals surface area contributed by atoms with E-state index in [1.807, 2.05) is 37.3 Å². The Morgan fingerprint density at radius 2 is 2.00 bits per heavy atom. The second kappa shape index (κ2) is 8.91. The highest BCUT2D eigenvalue weighted by Gasteiger charge is 2.21. The van der Waals surface area contributed by atoms with E-state index in [9.17, 15) is 9.59 Å². The number of aromatic nitrogens is 5. The number of amides is 1. The van der Waals surface area contributed by atoms with Gasteiger partial charge in [-0.1, -0.05) is 42.8 Å². The summed E-state index contributed by atoms with van der Waals surface area (Å²) in [5.74, 6) is 1.80. The van der Waals surface area contributed by atoms with Gasteiger partial charge in [0, 0.05) is 25.1 Å². The van der Waals surface area contributed by atoms with Crippen molar-refractivity contribution in [3.05, 3.63) is 52.2 Å². The number of hydrogen-bond donors (Lipinski definition) is 2. The fourth-order valence-electron chi connectivity index (χ4n) is 3.85. The first-order valence-corrected chi connectivity index (χ1v) is 11.2. The van der Waals surface area contributed by atoms with E-state index >= 15 is 0 Å². The number of H-pyrrole nitrogens is 1. The lowest BCUT2D eigenvalue weighted by molar-refractivity contribution is -0.115. The van der Waals surface area contributed by atoms with E-state index in [1.54, 1.807) is 16.4 Å². The summed E-state index contributed by atoms with van der Waals surface area (Å²) in [6.45, 7) is 1.82. The smallest absolute Gasteiger partial charge is 0.295 e. The first-order valence-electron chi connectivity index (χ1n) is 10.2. The molecule has 0 aliphatic heterocycles. The SMILES string of the molecule is Cc1c(NC(=O)CCSc2n[nH]c(C3CCCC3)n2)c(=O)n(-c2ccccc2)n1C. The number of benzene rings is 1. The van der Waals surface area contributed by atoms with E-state index in [0.29, 0.717) is 28.2 Å². The molecule has 0 bridgehead atoms. The van der Waals surface area contributed by atoms with Gasteiger partial charge in [-0.05, 0) is 31.9 Å². The van der Waals surface area contributed by atoms with Crippen LogP contribution in [-0.4, -0.2) is 36.2 Å². The van der Waals surface area contributed by atoms with Crippen LogP contribution in [0.5, 0.6) is 0 Å². The molecule has 158 valence electrons. The zero-order valence-electron chi connectivity index (χ0n) is 17.2. The summed E-state index contributed by atoms with van der Waals surface area (Å²) >= 11 is 1.45. The highest BCUT2D eigenvalue weighted by molar-refractivity contribution is 7.99. The van der Waals surface area contributed by atoms with Gasteiger partial charge in [-0.2, -0.15) is 0 Å². The molecule has 2 aromatic heterocycles. The van der Waals surface area contributed by atoms with Gasteiger partial charge in [0.25, 0.3) is 5.56 Å². The molecule has 1 aliphatic carbocycles. The zero-order chi connectivity index (χ0) is 21.1. The molecule has 1 aliphatic rings. The van der Waals surface area contributed by atoms with E-state index < -0.39 is 0 Å². The van der Waals surface area contributed by atoms with Gasteiger partial charge in [-0.15, -0.1) is 5.10 Å². The third-order valence-electron chi connectivity index (χ3n) is 5.60. The largest absolute Gasteiger partial charge is 0.320 e. The number of para-hydroxylation sites is 1. The van der Waals surface area contributed by atoms with Crippen molar-refractivity contribution in [1.82, 2.24) is 24.5 Å². The average Bonchev–Trinajstić information content (AvgIpc) is 3.47. The number of anilines is 1. The molecule has 1 aromatic carbocycles. The fraction of sp³-hybridized carbons (Fsp3) is 0.429. The number of hydrogen-bond acceptors (Lipinski definition) is 5. The van der Waals surface area contributed by atoms with Crippen molar-refractivity contribution in [1.29, 1.82) is 0 Å². The number of aromatic amines is 1. The van der Waals surface area contributed by atoms with Crippen LogP contribution in [0.1, 0.15) is 49.5 Å². The Hall–Kier alpha value is -2.81. The summed E-state index contributed by atoms with van der Waals surface area (Å²) < 4.78 is 3.30. The molecule has 8 nitrogen and oxygen atoms in total. The van der Waals surface area contributed by atoms with E-state index in [0.717, 1.165) is 11.5 Å². The van der Waals surface area contributed by atoms with Gasteiger partial charge in [0.1, 0.15) is 11.5 Å². The lowest BCUT2D eigenvalue weighted by Gasteiger charge is -2.07. The maximum absolute atomic E-state index is 12.9. The Kier molecular flexibility index (Phi) is 6.08. The maximum atomic E-state index is 12.9. The van der Waals surface area contributed by atoms with Crippen molar-refractivity contribution in [3.8, 4) is 5.69 Å². The van der Waals surface area contributed by atoms with Crippen molar-refractivity contribution in [2.45, 2.75) is 50.1 Å². The summed E-state index contributed by atoms with van der Waals surface area (Å²) in [5, 5.41) is 10.8. The molecule has 1 fully saturated rings. The van der Waals surface area contributed by atoms with Gasteiger partial charge in [-0.3, -0.25) is 19.4 Å². The zero-order valence-corrected chi connectivity index (χ0v) is 18.0. The Morgan fingerprint density at radius 1 is 1.27 bits per heavy atom. The molecule has 9 heteroatoms. The van der Waals surface area contributed by atoms with Gasteiger partial charge < -0.3 is 5.32 Å². The summed E-state index contributed by atoms with van der Waals surface area (Å²) in [6, 6.07) is 9.37. The normalized spacial score (nSPS) is 14.3. The molecule has 3 aromatic rings. The van der Waals surface area contributed by atoms with E-state index in [1.165, 1.54) is 37.4 Å². The molecular weight excluding hydrogens is 400 g/mol. The first kappa shape index (κ1) is 20.5. The second-order valence-corrected chi connectivity index (χ2v) is 8.63. The highest BCUT2D eigenvalue weighted by Crippen LogP contribution is 2.32. The molecule has 0 unspecified atom stereocenters. The minimum absolute atomic E-state index is 0.194. The third kappa shape index (κ3) is 4.21. The Bertz CT molecular complexity index is 1080. The first-order chi connectivity index (χ1) is 14.5. The monoisotopic (exact) mass is 426 g/mol. The van der Waals surface area contributed by atoms with Crippen LogP contribution < -0.4 is 10.9 Å². The average molecular weight is 427 g/mol. The topological polar surface area (TPSA) is 97.6 Å². The number of thioether (sulfide) groups is 1. The molecule has 0 radical (unpaired) electrons. The van der Waals surface area contributed by atoms with Crippen molar-refractivity contribution >= 4 is 23.4 Å². The van der Waals surface area contributed by atoms with Crippen LogP contribution in [0.3, 0.4) is 0 Å². The molecule has 2 N–H and O–H groups in total. The van der Waals surface area contributed by atoms with E-state index in [2.05, 4.69) is 20.5 Å². The lowest BCUT2D eigenvalue weighted by atomic mass is 10.1. The van der Waals surface area contributed by atoms with Crippen molar-refractivity contribution < 1.29 is 4.79 Å². The molecule has 1 saturated carbocycles. The molecule has 1 amide bonds. The third-order valence-corrected chi connectivity index (χ3v) is 6.45. The molecule has 0 spiro atoms. The molecule has 0 saturated heterocycles. The molecular formula is C21H26N6O2S. The van der Waals surface area contributed by atoms with E-state index in [4.69, 9.17) is 0 Å². The standard InChI is InChI=1S/C21H26N6O2S/c1-14-18(20(29)27(26(14)2)16-10-4-3-5-11-16)22-17(28)12-13-30-21-23-19(24-25-21)15-8-6-7-9-15/h3-5,10-11,15H,6-9,12-13H2,1-2H3,(H,22,28)(H,23,24,25). The Morgan fingerprint density at radius 3 is 2.73 bits per heavy atom. The lowest BCUT2D eigenvalue weighted by Crippen LogP contribution is -2.23. The number of carbonyl (C=O) groups excluding carboxylic acids is 1. The Balaban J connectivity index is 1.36. The van der Waals surface area contributed by atoms with Crippen LogP contribution in [0.25, 0.3) is 5.69 Å². The number of nitrogens with zero attached hydrogens (tertiary/aromatic N) is 4.